The van der Waals surface area contributed by atoms with Crippen LogP contribution in [-0.4, -0.2) is 68.5 Å². The van der Waals surface area contributed by atoms with E-state index in [1.54, 1.807) is 25.9 Å². The highest BCUT2D eigenvalue weighted by Gasteiger charge is 2.64. The summed E-state index contributed by atoms with van der Waals surface area (Å²) in [6, 6.07) is 3.62. The standard InChI is InChI=1S/C23H26N2O7/c1-9-14(21(24)30)19(28)23(32)12(17(9)25(3)4)8-11-16(20(23)29)18(27)15-10(22(11,2)31)6-5-7-13(15)26/h5-7,11-12,17,26,29,31-32H,8H2,1-4H3,(H2,24,30)/t11?,12?,17?,22-,23-/m1/s1. The number of carbonyl (C=O) groups excluding carboxylic acids is 3. The number of Topliss-reactive ketones (excluding diaryl/α,β-unsaturated/α-hetero) is 2. The van der Waals surface area contributed by atoms with E-state index in [9.17, 15) is 34.8 Å². The molecule has 0 aromatic heterocycles. The number of carbonyl (C=O) groups is 3. The normalized spacial score (nSPS) is 34.4. The maximum Gasteiger partial charge on any atom is 0.252 e. The van der Waals surface area contributed by atoms with E-state index >= 15 is 0 Å². The molecule has 1 amide bonds. The molecule has 0 saturated heterocycles. The van der Waals surface area contributed by atoms with Crippen molar-refractivity contribution in [3.8, 4) is 5.75 Å². The maximum atomic E-state index is 13.4. The van der Waals surface area contributed by atoms with Crippen molar-refractivity contribution in [1.82, 2.24) is 4.90 Å². The molecule has 4 rings (SSSR count). The van der Waals surface area contributed by atoms with Gasteiger partial charge in [0, 0.05) is 23.5 Å². The third kappa shape index (κ3) is 2.52. The van der Waals surface area contributed by atoms with Crippen LogP contribution in [0.3, 0.4) is 0 Å². The lowest BCUT2D eigenvalue weighted by Crippen LogP contribution is -2.64. The molecule has 5 atom stereocenters. The number of phenols is 1. The second-order valence-corrected chi connectivity index (χ2v) is 9.26. The molecule has 6 N–H and O–H groups in total. The van der Waals surface area contributed by atoms with Crippen molar-refractivity contribution in [3.05, 3.63) is 51.8 Å². The Morgan fingerprint density at radius 3 is 2.38 bits per heavy atom. The zero-order chi connectivity index (χ0) is 23.9. The number of nitrogens with zero attached hydrogens (tertiary/aromatic N) is 1. The highest BCUT2D eigenvalue weighted by molar-refractivity contribution is 6.25. The third-order valence-corrected chi connectivity index (χ3v) is 7.32. The molecule has 0 spiro atoms. The highest BCUT2D eigenvalue weighted by Crippen LogP contribution is 2.56. The number of fused-ring (bicyclic) bond motifs is 3. The number of aromatic hydroxyl groups is 1. The number of aliphatic hydroxyl groups excluding tert-OH is 1. The van der Waals surface area contributed by atoms with Crippen LogP contribution in [0.2, 0.25) is 0 Å². The van der Waals surface area contributed by atoms with Crippen LogP contribution in [0, 0.1) is 11.8 Å². The van der Waals surface area contributed by atoms with Gasteiger partial charge in [-0.3, -0.25) is 14.4 Å². The largest absolute Gasteiger partial charge is 0.508 e. The molecule has 3 aliphatic carbocycles. The number of primary amides is 1. The third-order valence-electron chi connectivity index (χ3n) is 7.32. The van der Waals surface area contributed by atoms with Crippen LogP contribution in [0.1, 0.15) is 36.2 Å². The van der Waals surface area contributed by atoms with Crippen molar-refractivity contribution >= 4 is 17.5 Å². The summed E-state index contributed by atoms with van der Waals surface area (Å²) in [4.78, 5) is 40.5. The minimum atomic E-state index is -2.59. The first-order chi connectivity index (χ1) is 14.8. The molecule has 0 fully saturated rings. The molecule has 0 heterocycles. The van der Waals surface area contributed by atoms with Crippen LogP contribution in [-0.2, 0) is 15.2 Å². The van der Waals surface area contributed by atoms with Crippen LogP contribution in [0.15, 0.2) is 40.7 Å². The molecule has 3 aliphatic rings. The first-order valence-electron chi connectivity index (χ1n) is 10.2. The van der Waals surface area contributed by atoms with Gasteiger partial charge in [-0.15, -0.1) is 0 Å². The van der Waals surface area contributed by atoms with E-state index in [1.165, 1.54) is 25.1 Å². The number of benzene rings is 1. The van der Waals surface area contributed by atoms with E-state index in [4.69, 9.17) is 5.73 Å². The molecule has 0 saturated carbocycles. The van der Waals surface area contributed by atoms with E-state index in [2.05, 4.69) is 0 Å². The first kappa shape index (κ1) is 22.2. The molecular formula is C23H26N2O7. The molecule has 0 bridgehead atoms. The minimum Gasteiger partial charge on any atom is -0.508 e. The average molecular weight is 442 g/mol. The predicted octanol–water partition coefficient (Wildman–Crippen LogP) is 0.290. The Bertz CT molecular complexity index is 1150. The monoisotopic (exact) mass is 442 g/mol. The number of nitrogens with two attached hydrogens (primary N) is 1. The molecule has 32 heavy (non-hydrogen) atoms. The van der Waals surface area contributed by atoms with Crippen molar-refractivity contribution in [2.24, 2.45) is 17.6 Å². The van der Waals surface area contributed by atoms with Gasteiger partial charge in [0.1, 0.15) is 11.5 Å². The fourth-order valence-electron chi connectivity index (χ4n) is 5.89. The van der Waals surface area contributed by atoms with Gasteiger partial charge in [0.15, 0.2) is 11.4 Å². The Morgan fingerprint density at radius 2 is 1.81 bits per heavy atom. The van der Waals surface area contributed by atoms with Gasteiger partial charge >= 0.3 is 0 Å². The second-order valence-electron chi connectivity index (χ2n) is 9.26. The Morgan fingerprint density at radius 1 is 1.19 bits per heavy atom. The lowest BCUT2D eigenvalue weighted by molar-refractivity contribution is -0.150. The first-order valence-corrected chi connectivity index (χ1v) is 10.2. The smallest absolute Gasteiger partial charge is 0.252 e. The predicted molar refractivity (Wildman–Crippen MR) is 113 cm³/mol. The lowest BCUT2D eigenvalue weighted by Gasteiger charge is -2.53. The topological polar surface area (TPSA) is 161 Å². The van der Waals surface area contributed by atoms with Crippen molar-refractivity contribution in [3.63, 3.8) is 0 Å². The van der Waals surface area contributed by atoms with E-state index in [1.807, 2.05) is 0 Å². The Labute approximate surface area is 184 Å². The van der Waals surface area contributed by atoms with Gasteiger partial charge in [0.2, 0.25) is 5.78 Å². The molecule has 3 unspecified atom stereocenters. The van der Waals surface area contributed by atoms with E-state index in [0.29, 0.717) is 5.57 Å². The minimum absolute atomic E-state index is 0.0400. The van der Waals surface area contributed by atoms with Crippen LogP contribution in [0.25, 0.3) is 0 Å². The van der Waals surface area contributed by atoms with Crippen LogP contribution >= 0.6 is 0 Å². The van der Waals surface area contributed by atoms with Crippen LogP contribution in [0.4, 0.5) is 0 Å². The molecular weight excluding hydrogens is 416 g/mol. The number of hydrogen-bond acceptors (Lipinski definition) is 8. The molecule has 1 aromatic carbocycles. The van der Waals surface area contributed by atoms with Crippen LogP contribution in [0.5, 0.6) is 5.75 Å². The van der Waals surface area contributed by atoms with Crippen molar-refractivity contribution in [2.45, 2.75) is 37.5 Å². The Balaban J connectivity index is 2.05. The highest BCUT2D eigenvalue weighted by atomic mass is 16.3. The molecule has 1 aromatic rings. The molecule has 0 aliphatic heterocycles. The summed E-state index contributed by atoms with van der Waals surface area (Å²) >= 11 is 0. The van der Waals surface area contributed by atoms with E-state index in [0.717, 1.165) is 0 Å². The van der Waals surface area contributed by atoms with Gasteiger partial charge in [0.25, 0.3) is 5.91 Å². The van der Waals surface area contributed by atoms with E-state index < -0.39 is 63.6 Å². The van der Waals surface area contributed by atoms with Gasteiger partial charge in [-0.2, -0.15) is 0 Å². The molecule has 9 heteroatoms. The molecule has 9 nitrogen and oxygen atoms in total. The number of ketones is 2. The lowest BCUT2D eigenvalue weighted by atomic mass is 9.55. The summed E-state index contributed by atoms with van der Waals surface area (Å²) in [7, 11) is 3.38. The number of hydrogen-bond donors (Lipinski definition) is 5. The Hall–Kier alpha value is -3.01. The van der Waals surface area contributed by atoms with Gasteiger partial charge in [-0.25, -0.2) is 0 Å². The summed E-state index contributed by atoms with van der Waals surface area (Å²) in [5, 5.41) is 44.6. The number of rotatable bonds is 2. The van der Waals surface area contributed by atoms with Crippen molar-refractivity contribution in [1.29, 1.82) is 0 Å². The quantitative estimate of drug-likeness (QED) is 0.408. The summed E-state index contributed by atoms with van der Waals surface area (Å²) in [6.07, 6.45) is -0.0400. The summed E-state index contributed by atoms with van der Waals surface area (Å²) < 4.78 is 0. The summed E-state index contributed by atoms with van der Waals surface area (Å²) in [6.45, 7) is 3.03. The van der Waals surface area contributed by atoms with Gasteiger partial charge in [-0.1, -0.05) is 12.1 Å². The summed E-state index contributed by atoms with van der Waals surface area (Å²) in [5.74, 6) is -6.16. The summed E-state index contributed by atoms with van der Waals surface area (Å²) in [5.41, 5.74) is 0.731. The fraction of sp³-hybridized carbons (Fsp3) is 0.435. The number of phenolic OH excluding ortho intramolecular Hbond substituents is 1. The number of aliphatic hydroxyl groups is 3. The zero-order valence-electron chi connectivity index (χ0n) is 18.2. The van der Waals surface area contributed by atoms with Crippen molar-refractivity contribution in [2.75, 3.05) is 14.1 Å². The molecule has 170 valence electrons. The van der Waals surface area contributed by atoms with Gasteiger partial charge in [-0.05, 0) is 51.6 Å². The molecule has 0 radical (unpaired) electrons. The number of amides is 1. The van der Waals surface area contributed by atoms with Gasteiger partial charge in [0.05, 0.1) is 16.7 Å². The second kappa shape index (κ2) is 6.74. The fourth-order valence-corrected chi connectivity index (χ4v) is 5.89. The van der Waals surface area contributed by atoms with Crippen LogP contribution < -0.4 is 5.73 Å². The van der Waals surface area contributed by atoms with Crippen molar-refractivity contribution < 1.29 is 34.8 Å². The Kier molecular flexibility index (Phi) is 4.68. The van der Waals surface area contributed by atoms with E-state index in [-0.39, 0.29) is 23.1 Å². The van der Waals surface area contributed by atoms with Gasteiger partial charge < -0.3 is 31.1 Å². The maximum absolute atomic E-state index is 13.4. The average Bonchev–Trinajstić information content (AvgIpc) is 2.68. The SMILES string of the molecule is CC1=C(C(N)=O)C(=O)[C@@]2(O)C(O)=C3C(=O)c4c(O)cccc4[C@@](C)(O)C3CC2C1N(C)C. The zero-order valence-corrected chi connectivity index (χ0v) is 18.2. The number of likely N-dealkylation sites (N-methyl/N-ethyl adjacent to an activating group) is 1.